The van der Waals surface area contributed by atoms with Crippen molar-refractivity contribution in [2.75, 3.05) is 12.0 Å². The average Bonchev–Trinajstić information content (AvgIpc) is 2.50. The van der Waals surface area contributed by atoms with Gasteiger partial charge in [0.1, 0.15) is 11.5 Å². The Hall–Kier alpha value is -2.69. The van der Waals surface area contributed by atoms with Gasteiger partial charge in [0.05, 0.1) is 5.69 Å². The number of rotatable bonds is 5. The van der Waals surface area contributed by atoms with E-state index in [0.717, 1.165) is 17.7 Å². The molecule has 0 aliphatic heterocycles. The predicted octanol–water partition coefficient (Wildman–Crippen LogP) is 3.11. The van der Waals surface area contributed by atoms with Gasteiger partial charge in [0, 0.05) is 0 Å². The first-order chi connectivity index (χ1) is 10.2. The first-order valence-electron chi connectivity index (χ1n) is 6.74. The SMILES string of the molecule is CCc1ccccc1OCNC(=O)Nc1ccccc1O. The molecule has 2 amide bonds. The number of carbonyl (C=O) groups is 1. The van der Waals surface area contributed by atoms with Gasteiger partial charge in [0.15, 0.2) is 6.73 Å². The molecular formula is C16H18N2O3. The van der Waals surface area contributed by atoms with Gasteiger partial charge in [0.2, 0.25) is 0 Å². The van der Waals surface area contributed by atoms with Crippen molar-refractivity contribution in [3.8, 4) is 11.5 Å². The molecule has 21 heavy (non-hydrogen) atoms. The fourth-order valence-corrected chi connectivity index (χ4v) is 1.86. The summed E-state index contributed by atoms with van der Waals surface area (Å²) in [5.41, 5.74) is 1.43. The van der Waals surface area contributed by atoms with Crippen LogP contribution in [0.3, 0.4) is 0 Å². The van der Waals surface area contributed by atoms with Crippen LogP contribution in [0.4, 0.5) is 10.5 Å². The van der Waals surface area contributed by atoms with Crippen molar-refractivity contribution in [3.63, 3.8) is 0 Å². The van der Waals surface area contributed by atoms with Gasteiger partial charge >= 0.3 is 6.03 Å². The van der Waals surface area contributed by atoms with Crippen molar-refractivity contribution >= 4 is 11.7 Å². The third-order valence-electron chi connectivity index (χ3n) is 2.97. The minimum atomic E-state index is -0.439. The number of benzene rings is 2. The summed E-state index contributed by atoms with van der Waals surface area (Å²) in [5, 5.41) is 14.7. The van der Waals surface area contributed by atoms with Crippen molar-refractivity contribution in [2.24, 2.45) is 0 Å². The monoisotopic (exact) mass is 286 g/mol. The lowest BCUT2D eigenvalue weighted by molar-refractivity contribution is 0.234. The van der Waals surface area contributed by atoms with Crippen molar-refractivity contribution in [1.29, 1.82) is 0 Å². The second-order valence-electron chi connectivity index (χ2n) is 4.40. The number of urea groups is 1. The van der Waals surface area contributed by atoms with Crippen LogP contribution in [0.25, 0.3) is 0 Å². The van der Waals surface area contributed by atoms with E-state index >= 15 is 0 Å². The molecule has 5 heteroatoms. The van der Waals surface area contributed by atoms with E-state index < -0.39 is 6.03 Å². The van der Waals surface area contributed by atoms with E-state index in [1.165, 1.54) is 6.07 Å². The first-order valence-corrected chi connectivity index (χ1v) is 6.74. The number of para-hydroxylation sites is 3. The normalized spacial score (nSPS) is 9.95. The Kier molecular flexibility index (Phi) is 5.04. The lowest BCUT2D eigenvalue weighted by Gasteiger charge is -2.12. The molecule has 0 radical (unpaired) electrons. The topological polar surface area (TPSA) is 70.6 Å². The Morgan fingerprint density at radius 3 is 2.62 bits per heavy atom. The number of nitrogens with one attached hydrogen (secondary N) is 2. The highest BCUT2D eigenvalue weighted by Gasteiger charge is 2.05. The van der Waals surface area contributed by atoms with Gasteiger partial charge in [-0.3, -0.25) is 0 Å². The van der Waals surface area contributed by atoms with E-state index in [2.05, 4.69) is 10.6 Å². The van der Waals surface area contributed by atoms with Crippen molar-refractivity contribution < 1.29 is 14.6 Å². The van der Waals surface area contributed by atoms with Crippen LogP contribution in [0.15, 0.2) is 48.5 Å². The van der Waals surface area contributed by atoms with E-state index in [1.54, 1.807) is 18.2 Å². The number of carbonyl (C=O) groups excluding carboxylic acids is 1. The smallest absolute Gasteiger partial charge is 0.321 e. The molecule has 2 rings (SSSR count). The Bertz CT molecular complexity index is 614. The van der Waals surface area contributed by atoms with Crippen LogP contribution in [-0.4, -0.2) is 17.9 Å². The summed E-state index contributed by atoms with van der Waals surface area (Å²) in [7, 11) is 0. The maximum atomic E-state index is 11.7. The molecule has 0 aliphatic rings. The maximum absolute atomic E-state index is 11.7. The van der Waals surface area contributed by atoms with Crippen LogP contribution < -0.4 is 15.4 Å². The molecule has 110 valence electrons. The Balaban J connectivity index is 1.83. The second kappa shape index (κ2) is 7.19. The molecular weight excluding hydrogens is 268 g/mol. The molecule has 0 atom stereocenters. The van der Waals surface area contributed by atoms with Gasteiger partial charge < -0.3 is 20.5 Å². The number of aryl methyl sites for hydroxylation is 1. The number of phenolic OH excluding ortho intramolecular Hbond substituents is 1. The van der Waals surface area contributed by atoms with Gasteiger partial charge in [0.25, 0.3) is 0 Å². The number of amides is 2. The molecule has 0 saturated heterocycles. The van der Waals surface area contributed by atoms with E-state index in [-0.39, 0.29) is 12.5 Å². The first kappa shape index (κ1) is 14.7. The lowest BCUT2D eigenvalue weighted by Crippen LogP contribution is -2.32. The van der Waals surface area contributed by atoms with E-state index in [4.69, 9.17) is 4.74 Å². The van der Waals surface area contributed by atoms with E-state index in [0.29, 0.717) is 5.69 Å². The highest BCUT2D eigenvalue weighted by atomic mass is 16.5. The number of hydrogen-bond acceptors (Lipinski definition) is 3. The molecule has 0 spiro atoms. The zero-order valence-corrected chi connectivity index (χ0v) is 11.8. The van der Waals surface area contributed by atoms with Gasteiger partial charge in [-0.1, -0.05) is 37.3 Å². The van der Waals surface area contributed by atoms with Crippen LogP contribution in [0.2, 0.25) is 0 Å². The summed E-state index contributed by atoms with van der Waals surface area (Å²) in [6, 6.07) is 13.8. The van der Waals surface area contributed by atoms with Gasteiger partial charge in [-0.2, -0.15) is 0 Å². The fraction of sp³-hybridized carbons (Fsp3) is 0.188. The second-order valence-corrected chi connectivity index (χ2v) is 4.40. The summed E-state index contributed by atoms with van der Waals surface area (Å²) < 4.78 is 5.53. The van der Waals surface area contributed by atoms with Crippen molar-refractivity contribution in [1.82, 2.24) is 5.32 Å². The molecule has 0 fully saturated rings. The quantitative estimate of drug-likeness (QED) is 0.584. The fourth-order valence-electron chi connectivity index (χ4n) is 1.86. The van der Waals surface area contributed by atoms with Gasteiger partial charge in [-0.25, -0.2) is 4.79 Å². The molecule has 0 bridgehead atoms. The maximum Gasteiger partial charge on any atom is 0.321 e. The predicted molar refractivity (Wildman–Crippen MR) is 81.6 cm³/mol. The molecule has 0 aliphatic carbocycles. The zero-order chi connectivity index (χ0) is 15.1. The third kappa shape index (κ3) is 4.14. The highest BCUT2D eigenvalue weighted by molar-refractivity contribution is 5.90. The number of ether oxygens (including phenoxy) is 1. The summed E-state index contributed by atoms with van der Waals surface area (Å²) in [6.07, 6.45) is 0.861. The number of hydrogen-bond donors (Lipinski definition) is 3. The Morgan fingerprint density at radius 1 is 1.14 bits per heavy atom. The molecule has 5 nitrogen and oxygen atoms in total. The van der Waals surface area contributed by atoms with Crippen LogP contribution in [-0.2, 0) is 6.42 Å². The highest BCUT2D eigenvalue weighted by Crippen LogP contribution is 2.21. The molecule has 3 N–H and O–H groups in total. The molecule has 0 heterocycles. The number of phenols is 1. The van der Waals surface area contributed by atoms with E-state index in [1.807, 2.05) is 31.2 Å². The van der Waals surface area contributed by atoms with Crippen LogP contribution >= 0.6 is 0 Å². The summed E-state index contributed by atoms with van der Waals surface area (Å²) in [6.45, 7) is 2.09. The average molecular weight is 286 g/mol. The molecule has 2 aromatic rings. The zero-order valence-electron chi connectivity index (χ0n) is 11.8. The van der Waals surface area contributed by atoms with Crippen molar-refractivity contribution in [3.05, 3.63) is 54.1 Å². The molecule has 2 aromatic carbocycles. The van der Waals surface area contributed by atoms with Crippen LogP contribution in [0.5, 0.6) is 11.5 Å². The molecule has 0 aromatic heterocycles. The largest absolute Gasteiger partial charge is 0.506 e. The van der Waals surface area contributed by atoms with Gasteiger partial charge in [-0.15, -0.1) is 0 Å². The van der Waals surface area contributed by atoms with Crippen LogP contribution in [0, 0.1) is 0 Å². The Morgan fingerprint density at radius 2 is 1.86 bits per heavy atom. The standard InChI is InChI=1S/C16H18N2O3/c1-2-12-7-3-6-10-15(12)21-11-17-16(20)18-13-8-4-5-9-14(13)19/h3-10,19H,2,11H2,1H3,(H2,17,18,20). The molecule has 0 unspecified atom stereocenters. The third-order valence-corrected chi connectivity index (χ3v) is 2.97. The van der Waals surface area contributed by atoms with E-state index in [9.17, 15) is 9.90 Å². The Labute approximate surface area is 123 Å². The number of anilines is 1. The minimum Gasteiger partial charge on any atom is -0.506 e. The summed E-state index contributed by atoms with van der Waals surface area (Å²) in [5.74, 6) is 0.771. The number of aromatic hydroxyl groups is 1. The van der Waals surface area contributed by atoms with Gasteiger partial charge in [-0.05, 0) is 30.2 Å². The lowest BCUT2D eigenvalue weighted by atomic mass is 10.1. The van der Waals surface area contributed by atoms with Crippen LogP contribution in [0.1, 0.15) is 12.5 Å². The summed E-state index contributed by atoms with van der Waals surface area (Å²) >= 11 is 0. The molecule has 0 saturated carbocycles. The minimum absolute atomic E-state index is 0.0184. The van der Waals surface area contributed by atoms with Crippen molar-refractivity contribution in [2.45, 2.75) is 13.3 Å². The summed E-state index contributed by atoms with van der Waals surface area (Å²) in [4.78, 5) is 11.7.